The lowest BCUT2D eigenvalue weighted by molar-refractivity contribution is -0.161. The Morgan fingerprint density at radius 1 is 0.600 bits per heavy atom. The first-order valence-corrected chi connectivity index (χ1v) is 21.3. The predicted molar refractivity (Wildman–Crippen MR) is 201 cm³/mol. The fraction of sp³-hybridized carbons (Fsp3) is 0.846. The number of carbonyl (C=O) groups excluding carboxylic acids is 2. The molecule has 0 radical (unpaired) electrons. The largest absolute Gasteiger partial charge is 0.472 e. The number of aliphatic hydroxyl groups excluding tert-OH is 2. The Labute approximate surface area is 304 Å². The molecular weight excluding hydrogens is 659 g/mol. The summed E-state index contributed by atoms with van der Waals surface area (Å²) in [7, 11) is -4.61. The summed E-state index contributed by atoms with van der Waals surface area (Å²) in [6, 6.07) is 0. The molecule has 3 atom stereocenters. The summed E-state index contributed by atoms with van der Waals surface area (Å²) in [6.45, 7) is 2.32. The molecule has 0 aromatic heterocycles. The van der Waals surface area contributed by atoms with Gasteiger partial charge in [0, 0.05) is 12.8 Å². The molecular formula is C39H73O10P. The molecule has 0 bridgehead atoms. The maximum Gasteiger partial charge on any atom is 0.472 e. The maximum absolute atomic E-state index is 12.5. The van der Waals surface area contributed by atoms with E-state index >= 15 is 0 Å². The second-order valence-corrected chi connectivity index (χ2v) is 14.8. The normalized spacial score (nSPS) is 14.3. The van der Waals surface area contributed by atoms with E-state index in [2.05, 4.69) is 42.7 Å². The smallest absolute Gasteiger partial charge is 0.462 e. The third kappa shape index (κ3) is 34.9. The zero-order valence-electron chi connectivity index (χ0n) is 31.6. The van der Waals surface area contributed by atoms with E-state index in [0.29, 0.717) is 12.8 Å². The van der Waals surface area contributed by atoms with Gasteiger partial charge in [-0.2, -0.15) is 0 Å². The highest BCUT2D eigenvalue weighted by Crippen LogP contribution is 2.43. The van der Waals surface area contributed by atoms with Crippen LogP contribution in [0.4, 0.5) is 0 Å². The summed E-state index contributed by atoms with van der Waals surface area (Å²) in [5, 5.41) is 18.3. The first-order chi connectivity index (χ1) is 24.2. The monoisotopic (exact) mass is 732 g/mol. The van der Waals surface area contributed by atoms with Crippen molar-refractivity contribution in [1.29, 1.82) is 0 Å². The summed E-state index contributed by atoms with van der Waals surface area (Å²) >= 11 is 0. The third-order valence-corrected chi connectivity index (χ3v) is 9.31. The molecule has 0 fully saturated rings. The number of unbranched alkanes of at least 4 members (excludes halogenated alkanes) is 19. The molecule has 0 spiro atoms. The summed E-state index contributed by atoms with van der Waals surface area (Å²) in [5.74, 6) is -0.938. The van der Waals surface area contributed by atoms with Crippen LogP contribution < -0.4 is 0 Å². The summed E-state index contributed by atoms with van der Waals surface area (Å²) < 4.78 is 32.6. The van der Waals surface area contributed by atoms with Crippen LogP contribution in [-0.4, -0.2) is 65.7 Å². The number of hydrogen-bond donors (Lipinski definition) is 3. The van der Waals surface area contributed by atoms with Crippen molar-refractivity contribution in [3.63, 3.8) is 0 Å². The van der Waals surface area contributed by atoms with Gasteiger partial charge in [-0.05, 0) is 38.5 Å². The van der Waals surface area contributed by atoms with Gasteiger partial charge >= 0.3 is 19.8 Å². The SMILES string of the molecule is CCCC/C=C\C/C=C\CCCCCCCC(=O)OC[C@H](COP(=O)(O)OC[C@@H](O)CO)OC(=O)CCCCCCCCCCCCCCC. The van der Waals surface area contributed by atoms with Crippen molar-refractivity contribution in [3.8, 4) is 0 Å². The Balaban J connectivity index is 4.36. The molecule has 294 valence electrons. The van der Waals surface area contributed by atoms with Crippen molar-refractivity contribution in [2.75, 3.05) is 26.4 Å². The van der Waals surface area contributed by atoms with Gasteiger partial charge in [-0.3, -0.25) is 18.6 Å². The standard InChI is InChI=1S/C39H73O10P/c1-3-5-7-9-11-13-15-17-19-20-22-24-26-28-30-38(42)46-34-37(35-48-50(44,45)47-33-36(41)32-40)49-39(43)31-29-27-25-23-21-18-16-14-12-10-8-6-4-2/h9,11,15,17,36-37,40-41H,3-8,10,12-14,16,18-35H2,1-2H3,(H,44,45)/b11-9-,17-15-/t36-,37+/m0/s1. The average molecular weight is 733 g/mol. The second-order valence-electron chi connectivity index (χ2n) is 13.3. The van der Waals surface area contributed by atoms with Crippen LogP contribution in [0.3, 0.4) is 0 Å². The van der Waals surface area contributed by atoms with Crippen LogP contribution in [0.25, 0.3) is 0 Å². The highest BCUT2D eigenvalue weighted by atomic mass is 31.2. The van der Waals surface area contributed by atoms with Gasteiger partial charge in [0.1, 0.15) is 12.7 Å². The van der Waals surface area contributed by atoms with Crippen molar-refractivity contribution < 1.29 is 47.8 Å². The van der Waals surface area contributed by atoms with Crippen molar-refractivity contribution >= 4 is 19.8 Å². The van der Waals surface area contributed by atoms with Crippen LogP contribution in [0.15, 0.2) is 24.3 Å². The minimum absolute atomic E-state index is 0.185. The third-order valence-electron chi connectivity index (χ3n) is 8.36. The quantitative estimate of drug-likeness (QED) is 0.0244. The molecule has 0 aliphatic carbocycles. The van der Waals surface area contributed by atoms with Gasteiger partial charge < -0.3 is 24.6 Å². The van der Waals surface area contributed by atoms with Gasteiger partial charge in [0.15, 0.2) is 6.10 Å². The highest BCUT2D eigenvalue weighted by Gasteiger charge is 2.27. The number of aliphatic hydroxyl groups is 2. The Kier molecular flexibility index (Phi) is 34.7. The Bertz CT molecular complexity index is 894. The average Bonchev–Trinajstić information content (AvgIpc) is 3.10. The molecule has 0 saturated carbocycles. The highest BCUT2D eigenvalue weighted by molar-refractivity contribution is 7.47. The van der Waals surface area contributed by atoms with Crippen LogP contribution in [0.5, 0.6) is 0 Å². The fourth-order valence-corrected chi connectivity index (χ4v) is 6.03. The number of phosphoric acid groups is 1. The van der Waals surface area contributed by atoms with E-state index in [1.165, 1.54) is 70.6 Å². The Hall–Kier alpha value is -1.55. The topological polar surface area (TPSA) is 149 Å². The van der Waals surface area contributed by atoms with Gasteiger partial charge in [0.05, 0.1) is 19.8 Å². The van der Waals surface area contributed by atoms with Crippen molar-refractivity contribution in [3.05, 3.63) is 24.3 Å². The van der Waals surface area contributed by atoms with Crippen LogP contribution in [0, 0.1) is 0 Å². The molecule has 11 heteroatoms. The number of rotatable bonds is 37. The molecule has 0 amide bonds. The zero-order valence-corrected chi connectivity index (χ0v) is 32.5. The molecule has 0 saturated heterocycles. The number of hydrogen-bond acceptors (Lipinski definition) is 9. The number of allylic oxidation sites excluding steroid dienone is 4. The van der Waals surface area contributed by atoms with Gasteiger partial charge in [-0.1, -0.05) is 147 Å². The first-order valence-electron chi connectivity index (χ1n) is 19.8. The van der Waals surface area contributed by atoms with E-state index in [4.69, 9.17) is 19.1 Å². The summed E-state index contributed by atoms with van der Waals surface area (Å²) in [4.78, 5) is 34.8. The van der Waals surface area contributed by atoms with Crippen LogP contribution in [-0.2, 0) is 32.7 Å². The molecule has 0 aliphatic rings. The Morgan fingerprint density at radius 2 is 1.06 bits per heavy atom. The molecule has 0 heterocycles. The fourth-order valence-electron chi connectivity index (χ4n) is 5.24. The number of ether oxygens (including phenoxy) is 2. The lowest BCUT2D eigenvalue weighted by Crippen LogP contribution is -2.29. The molecule has 10 nitrogen and oxygen atoms in total. The summed E-state index contributed by atoms with van der Waals surface area (Å²) in [5.41, 5.74) is 0. The van der Waals surface area contributed by atoms with Crippen LogP contribution >= 0.6 is 7.82 Å². The van der Waals surface area contributed by atoms with E-state index in [0.717, 1.165) is 64.2 Å². The van der Waals surface area contributed by atoms with Gasteiger partial charge in [-0.15, -0.1) is 0 Å². The minimum Gasteiger partial charge on any atom is -0.462 e. The lowest BCUT2D eigenvalue weighted by atomic mass is 10.0. The van der Waals surface area contributed by atoms with Crippen LogP contribution in [0.1, 0.15) is 174 Å². The number of phosphoric ester groups is 1. The van der Waals surface area contributed by atoms with E-state index in [1.54, 1.807) is 0 Å². The molecule has 1 unspecified atom stereocenters. The lowest BCUT2D eigenvalue weighted by Gasteiger charge is -2.20. The van der Waals surface area contributed by atoms with Crippen LogP contribution in [0.2, 0.25) is 0 Å². The predicted octanol–water partition coefficient (Wildman–Crippen LogP) is 9.83. The second kappa shape index (κ2) is 35.8. The minimum atomic E-state index is -4.61. The number of esters is 2. The van der Waals surface area contributed by atoms with Crippen molar-refractivity contribution in [1.82, 2.24) is 0 Å². The van der Waals surface area contributed by atoms with E-state index in [9.17, 15) is 24.2 Å². The molecule has 0 rings (SSSR count). The van der Waals surface area contributed by atoms with E-state index in [-0.39, 0.29) is 19.4 Å². The van der Waals surface area contributed by atoms with E-state index in [1.807, 2.05) is 0 Å². The van der Waals surface area contributed by atoms with Gasteiger partial charge in [-0.25, -0.2) is 4.57 Å². The van der Waals surface area contributed by atoms with Crippen molar-refractivity contribution in [2.45, 2.75) is 187 Å². The Morgan fingerprint density at radius 3 is 1.60 bits per heavy atom. The molecule has 50 heavy (non-hydrogen) atoms. The van der Waals surface area contributed by atoms with Gasteiger partial charge in [0.2, 0.25) is 0 Å². The van der Waals surface area contributed by atoms with Gasteiger partial charge in [0.25, 0.3) is 0 Å². The molecule has 3 N–H and O–H groups in total. The zero-order chi connectivity index (χ0) is 37.0. The first kappa shape index (κ1) is 48.5. The molecule has 0 aliphatic heterocycles. The van der Waals surface area contributed by atoms with E-state index < -0.39 is 51.8 Å². The molecule has 0 aromatic carbocycles. The number of carbonyl (C=O) groups is 2. The summed E-state index contributed by atoms with van der Waals surface area (Å²) in [6.07, 6.45) is 32.8. The maximum atomic E-state index is 12.5. The van der Waals surface area contributed by atoms with Crippen molar-refractivity contribution in [2.24, 2.45) is 0 Å². The molecule has 0 aromatic rings.